The van der Waals surface area contributed by atoms with Crippen LogP contribution in [0.2, 0.25) is 0 Å². The van der Waals surface area contributed by atoms with Gasteiger partial charge in [0.25, 0.3) is 0 Å². The maximum absolute atomic E-state index is 8.28. The third-order valence-electron chi connectivity index (χ3n) is 2.25. The molecule has 1 rings (SSSR count). The Labute approximate surface area is 74.4 Å². The summed E-state index contributed by atoms with van der Waals surface area (Å²) in [5.74, 6) is 0. The highest BCUT2D eigenvalue weighted by atomic mass is 15.2. The van der Waals surface area contributed by atoms with E-state index in [1.165, 1.54) is 12.8 Å². The van der Waals surface area contributed by atoms with E-state index in [4.69, 9.17) is 5.26 Å². The number of hydrogen-bond acceptors (Lipinski definition) is 3. The van der Waals surface area contributed by atoms with Crippen molar-refractivity contribution in [2.75, 3.05) is 26.2 Å². The Kier molecular flexibility index (Phi) is 4.06. The van der Waals surface area contributed by atoms with Crippen LogP contribution in [0.1, 0.15) is 19.8 Å². The minimum absolute atomic E-state index is 0.474. The van der Waals surface area contributed by atoms with Crippen molar-refractivity contribution in [3.8, 4) is 6.07 Å². The van der Waals surface area contributed by atoms with Gasteiger partial charge in [0.05, 0.1) is 12.6 Å². The Morgan fingerprint density at radius 3 is 2.83 bits per heavy atom. The first-order valence-electron chi connectivity index (χ1n) is 4.70. The lowest BCUT2D eigenvalue weighted by molar-refractivity contribution is 0.278. The van der Waals surface area contributed by atoms with E-state index in [-0.39, 0.29) is 0 Å². The van der Waals surface area contributed by atoms with Crippen LogP contribution in [0.25, 0.3) is 0 Å². The fraction of sp³-hybridized carbons (Fsp3) is 0.889. The van der Waals surface area contributed by atoms with Crippen molar-refractivity contribution in [3.05, 3.63) is 0 Å². The first-order chi connectivity index (χ1) is 5.88. The summed E-state index contributed by atoms with van der Waals surface area (Å²) in [5, 5.41) is 11.4. The van der Waals surface area contributed by atoms with Crippen LogP contribution in [-0.4, -0.2) is 37.1 Å². The predicted molar refractivity (Wildman–Crippen MR) is 48.8 cm³/mol. The fourth-order valence-corrected chi connectivity index (χ4v) is 1.41. The van der Waals surface area contributed by atoms with Gasteiger partial charge in [-0.3, -0.25) is 4.90 Å². The number of likely N-dealkylation sites (N-methyl/N-ethyl adjacent to an activating group) is 1. The van der Waals surface area contributed by atoms with Crippen LogP contribution in [-0.2, 0) is 0 Å². The minimum Gasteiger partial charge on any atom is -0.303 e. The van der Waals surface area contributed by atoms with E-state index < -0.39 is 0 Å². The van der Waals surface area contributed by atoms with Crippen LogP contribution < -0.4 is 5.32 Å². The van der Waals surface area contributed by atoms with Crippen LogP contribution in [0.3, 0.4) is 0 Å². The van der Waals surface area contributed by atoms with Crippen molar-refractivity contribution >= 4 is 0 Å². The summed E-state index contributed by atoms with van der Waals surface area (Å²) in [7, 11) is 0. The van der Waals surface area contributed by atoms with E-state index in [9.17, 15) is 0 Å². The van der Waals surface area contributed by atoms with E-state index in [1.54, 1.807) is 0 Å². The third-order valence-corrected chi connectivity index (χ3v) is 2.25. The van der Waals surface area contributed by atoms with Crippen LogP contribution in [0.5, 0.6) is 0 Å². The normalized spacial score (nSPS) is 16.4. The molecule has 3 heteroatoms. The largest absolute Gasteiger partial charge is 0.303 e. The first kappa shape index (κ1) is 9.50. The van der Waals surface area contributed by atoms with E-state index in [1.807, 2.05) is 0 Å². The Morgan fingerprint density at radius 2 is 2.33 bits per heavy atom. The molecule has 0 atom stereocenters. The molecule has 0 aromatic rings. The Balaban J connectivity index is 1.99. The molecular weight excluding hydrogens is 150 g/mol. The number of nitriles is 1. The lowest BCUT2D eigenvalue weighted by atomic mass is 10.4. The quantitative estimate of drug-likeness (QED) is 0.464. The second-order valence-corrected chi connectivity index (χ2v) is 3.19. The number of nitrogens with zero attached hydrogens (tertiary/aromatic N) is 2. The van der Waals surface area contributed by atoms with Gasteiger partial charge in [0.2, 0.25) is 0 Å². The number of rotatable bonds is 6. The average Bonchev–Trinajstić information content (AvgIpc) is 2.88. The molecule has 0 amide bonds. The topological polar surface area (TPSA) is 39.1 Å². The molecule has 1 N–H and O–H groups in total. The van der Waals surface area contributed by atoms with E-state index in [0.29, 0.717) is 6.54 Å². The van der Waals surface area contributed by atoms with Crippen LogP contribution in [0.4, 0.5) is 0 Å². The monoisotopic (exact) mass is 167 g/mol. The molecular formula is C9H17N3. The fourth-order valence-electron chi connectivity index (χ4n) is 1.41. The van der Waals surface area contributed by atoms with Crippen LogP contribution in [0, 0.1) is 11.3 Å². The Bertz CT molecular complexity index is 158. The van der Waals surface area contributed by atoms with Gasteiger partial charge in [-0.05, 0) is 19.4 Å². The Morgan fingerprint density at radius 1 is 1.58 bits per heavy atom. The van der Waals surface area contributed by atoms with Crippen molar-refractivity contribution in [3.63, 3.8) is 0 Å². The predicted octanol–water partition coefficient (Wildman–Crippen LogP) is 0.584. The van der Waals surface area contributed by atoms with Crippen molar-refractivity contribution in [1.29, 1.82) is 5.26 Å². The molecule has 1 saturated carbocycles. The van der Waals surface area contributed by atoms with Crippen LogP contribution in [0.15, 0.2) is 0 Å². The summed E-state index contributed by atoms with van der Waals surface area (Å²) in [6.07, 6.45) is 2.73. The maximum atomic E-state index is 8.28. The molecule has 0 unspecified atom stereocenters. The minimum atomic E-state index is 0.474. The molecule has 0 saturated heterocycles. The molecule has 0 aromatic carbocycles. The summed E-state index contributed by atoms with van der Waals surface area (Å²) in [6.45, 7) is 5.84. The summed E-state index contributed by atoms with van der Waals surface area (Å²) in [4.78, 5) is 2.48. The van der Waals surface area contributed by atoms with E-state index >= 15 is 0 Å². The highest BCUT2D eigenvalue weighted by Crippen LogP contribution is 2.25. The molecule has 0 radical (unpaired) electrons. The zero-order chi connectivity index (χ0) is 8.81. The zero-order valence-electron chi connectivity index (χ0n) is 7.71. The van der Waals surface area contributed by atoms with Gasteiger partial charge in [0, 0.05) is 19.1 Å². The van der Waals surface area contributed by atoms with Gasteiger partial charge in [0.1, 0.15) is 0 Å². The second-order valence-electron chi connectivity index (χ2n) is 3.19. The zero-order valence-corrected chi connectivity index (χ0v) is 7.71. The lowest BCUT2D eigenvalue weighted by Crippen LogP contribution is -2.33. The SMILES string of the molecule is CCN(CCNCC#N)C1CC1. The van der Waals surface area contributed by atoms with Crippen molar-refractivity contribution in [2.45, 2.75) is 25.8 Å². The molecule has 3 nitrogen and oxygen atoms in total. The second kappa shape index (κ2) is 5.13. The average molecular weight is 167 g/mol. The van der Waals surface area contributed by atoms with Gasteiger partial charge < -0.3 is 5.32 Å². The molecule has 0 aromatic heterocycles. The molecule has 0 spiro atoms. The van der Waals surface area contributed by atoms with Gasteiger partial charge in [-0.2, -0.15) is 5.26 Å². The summed E-state index contributed by atoms with van der Waals surface area (Å²) in [5.41, 5.74) is 0. The molecule has 0 aliphatic heterocycles. The smallest absolute Gasteiger partial charge is 0.0841 e. The molecule has 1 aliphatic carbocycles. The third kappa shape index (κ3) is 3.21. The van der Waals surface area contributed by atoms with Gasteiger partial charge in [0.15, 0.2) is 0 Å². The number of hydrogen-bond donors (Lipinski definition) is 1. The van der Waals surface area contributed by atoms with Gasteiger partial charge in [-0.15, -0.1) is 0 Å². The Hall–Kier alpha value is -0.590. The molecule has 1 aliphatic rings. The summed E-state index contributed by atoms with van der Waals surface area (Å²) in [6, 6.07) is 2.92. The molecule has 12 heavy (non-hydrogen) atoms. The molecule has 0 bridgehead atoms. The van der Waals surface area contributed by atoms with Crippen molar-refractivity contribution in [1.82, 2.24) is 10.2 Å². The molecule has 0 heterocycles. The van der Waals surface area contributed by atoms with Crippen molar-refractivity contribution in [2.24, 2.45) is 0 Å². The van der Waals surface area contributed by atoms with Gasteiger partial charge in [-0.1, -0.05) is 6.92 Å². The van der Waals surface area contributed by atoms with E-state index in [0.717, 1.165) is 25.7 Å². The molecule has 68 valence electrons. The highest BCUT2D eigenvalue weighted by Gasteiger charge is 2.26. The van der Waals surface area contributed by atoms with Gasteiger partial charge >= 0.3 is 0 Å². The standard InChI is InChI=1S/C9H17N3/c1-2-12(9-3-4-9)8-7-11-6-5-10/h9,11H,2-4,6-8H2,1H3. The molecule has 1 fully saturated rings. The number of nitrogens with one attached hydrogen (secondary N) is 1. The highest BCUT2D eigenvalue weighted by molar-refractivity contribution is 4.84. The summed E-state index contributed by atoms with van der Waals surface area (Å²) >= 11 is 0. The first-order valence-corrected chi connectivity index (χ1v) is 4.70. The lowest BCUT2D eigenvalue weighted by Gasteiger charge is -2.19. The van der Waals surface area contributed by atoms with Crippen molar-refractivity contribution < 1.29 is 0 Å². The van der Waals surface area contributed by atoms with Crippen LogP contribution >= 0.6 is 0 Å². The van der Waals surface area contributed by atoms with E-state index in [2.05, 4.69) is 23.2 Å². The maximum Gasteiger partial charge on any atom is 0.0841 e. The summed E-state index contributed by atoms with van der Waals surface area (Å²) < 4.78 is 0. The van der Waals surface area contributed by atoms with Gasteiger partial charge in [-0.25, -0.2) is 0 Å².